The smallest absolute Gasteiger partial charge is 0.337 e. The number of hydrogen-bond donors (Lipinski definition) is 0. The maximum Gasteiger partial charge on any atom is 0.337 e. The minimum atomic E-state index is -0.506. The lowest BCUT2D eigenvalue weighted by Crippen LogP contribution is -2.33. The molecule has 184 valence electrons. The van der Waals surface area contributed by atoms with Gasteiger partial charge in [0, 0.05) is 11.8 Å². The largest absolute Gasteiger partial charge is 0.465 e. The first kappa shape index (κ1) is 23.2. The Morgan fingerprint density at radius 2 is 1.24 bits per heavy atom. The molecule has 6 rings (SSSR count). The van der Waals surface area contributed by atoms with Crippen LogP contribution in [0.4, 0.5) is 5.69 Å². The van der Waals surface area contributed by atoms with Crippen LogP contribution in [0.15, 0.2) is 90.5 Å². The van der Waals surface area contributed by atoms with Crippen molar-refractivity contribution in [1.29, 1.82) is 0 Å². The number of allylic oxidation sites excluding steroid dienone is 3. The van der Waals surface area contributed by atoms with Crippen LogP contribution in [0, 0.1) is 37.5 Å². The Morgan fingerprint density at radius 3 is 1.73 bits per heavy atom. The fourth-order valence-electron chi connectivity index (χ4n) is 6.18. The van der Waals surface area contributed by atoms with Gasteiger partial charge in [0.15, 0.2) is 0 Å². The first-order valence-corrected chi connectivity index (χ1v) is 12.5. The third-order valence-corrected chi connectivity index (χ3v) is 7.91. The fraction of sp³-hybridized carbons (Fsp3) is 0.219. The van der Waals surface area contributed by atoms with Gasteiger partial charge in [-0.05, 0) is 54.3 Å². The highest BCUT2D eigenvalue weighted by Gasteiger charge is 2.62. The summed E-state index contributed by atoms with van der Waals surface area (Å²) in [5.41, 5.74) is 7.50. The maximum atomic E-state index is 13.8. The molecule has 2 aliphatic carbocycles. The summed E-state index contributed by atoms with van der Waals surface area (Å²) in [5, 5.41) is 0. The van der Waals surface area contributed by atoms with Crippen molar-refractivity contribution in [2.75, 3.05) is 12.0 Å². The number of nitrogens with zero attached hydrogens (tertiary/aromatic N) is 1. The van der Waals surface area contributed by atoms with Gasteiger partial charge in [0.05, 0.1) is 30.2 Å². The van der Waals surface area contributed by atoms with E-state index in [0.717, 1.165) is 22.3 Å². The minimum absolute atomic E-state index is 0.155. The zero-order valence-electron chi connectivity index (χ0n) is 21.0. The van der Waals surface area contributed by atoms with Crippen LogP contribution in [0.25, 0.3) is 5.57 Å². The van der Waals surface area contributed by atoms with Gasteiger partial charge in [-0.1, -0.05) is 77.9 Å². The molecule has 3 aromatic carbocycles. The monoisotopic (exact) mass is 489 g/mol. The van der Waals surface area contributed by atoms with Crippen LogP contribution in [0.3, 0.4) is 0 Å². The van der Waals surface area contributed by atoms with Crippen LogP contribution in [-0.4, -0.2) is 24.9 Å². The number of methoxy groups -OCH3 is 1. The predicted molar refractivity (Wildman–Crippen MR) is 142 cm³/mol. The van der Waals surface area contributed by atoms with Gasteiger partial charge in [0.2, 0.25) is 11.8 Å². The molecule has 0 unspecified atom stereocenters. The van der Waals surface area contributed by atoms with Crippen LogP contribution in [-0.2, 0) is 14.3 Å². The molecule has 0 N–H and O–H groups in total. The van der Waals surface area contributed by atoms with Crippen molar-refractivity contribution in [1.82, 2.24) is 0 Å². The SMILES string of the molecule is COC(=O)c1cccc(N2C(=O)[C@@H]3[C@@H](C2=O)[C@H]2C=C[C@@H]3C2=C(c2ccc(C)cc2)c2ccc(C)cc2)c1. The molecule has 4 atom stereocenters. The van der Waals surface area contributed by atoms with Crippen LogP contribution >= 0.6 is 0 Å². The highest BCUT2D eigenvalue weighted by atomic mass is 16.5. The zero-order valence-corrected chi connectivity index (χ0v) is 21.0. The van der Waals surface area contributed by atoms with E-state index < -0.39 is 17.8 Å². The van der Waals surface area contributed by atoms with Gasteiger partial charge in [-0.25, -0.2) is 9.69 Å². The molecule has 1 saturated carbocycles. The van der Waals surface area contributed by atoms with E-state index in [4.69, 9.17) is 4.74 Å². The van der Waals surface area contributed by atoms with Gasteiger partial charge in [-0.2, -0.15) is 0 Å². The van der Waals surface area contributed by atoms with Crippen molar-refractivity contribution < 1.29 is 19.1 Å². The lowest BCUT2D eigenvalue weighted by molar-refractivity contribution is -0.122. The summed E-state index contributed by atoms with van der Waals surface area (Å²) < 4.78 is 4.82. The van der Waals surface area contributed by atoms with Gasteiger partial charge in [0.25, 0.3) is 0 Å². The van der Waals surface area contributed by atoms with Crippen molar-refractivity contribution in [3.05, 3.63) is 118 Å². The highest BCUT2D eigenvalue weighted by Crippen LogP contribution is 2.58. The Labute approximate surface area is 216 Å². The average Bonchev–Trinajstić information content (AvgIpc) is 3.55. The Bertz CT molecular complexity index is 1410. The minimum Gasteiger partial charge on any atom is -0.465 e. The Balaban J connectivity index is 1.45. The van der Waals surface area contributed by atoms with Crippen molar-refractivity contribution in [2.24, 2.45) is 23.7 Å². The van der Waals surface area contributed by atoms with E-state index in [1.165, 1.54) is 23.1 Å². The Kier molecular flexibility index (Phi) is 5.45. The quantitative estimate of drug-likeness (QED) is 0.275. The predicted octanol–water partition coefficient (Wildman–Crippen LogP) is 5.51. The van der Waals surface area contributed by atoms with Crippen molar-refractivity contribution in [3.63, 3.8) is 0 Å². The standard InChI is InChI=1S/C32H27NO4/c1-18-7-11-20(12-8-18)26(21-13-9-19(2)10-14-21)27-24-15-16-25(27)29-28(24)30(34)33(31(29)35)23-6-4-5-22(17-23)32(36)37-3/h4-17,24-25,28-29H,1-3H3/t24-,25+,28-,29-/m0/s1. The molecule has 3 aliphatic rings. The molecule has 0 aromatic heterocycles. The van der Waals surface area contributed by atoms with E-state index in [0.29, 0.717) is 11.3 Å². The number of carbonyl (C=O) groups excluding carboxylic acids is 3. The maximum absolute atomic E-state index is 13.8. The van der Waals surface area contributed by atoms with Gasteiger partial charge in [-0.3, -0.25) is 9.59 Å². The zero-order chi connectivity index (χ0) is 25.8. The van der Waals surface area contributed by atoms with Crippen LogP contribution < -0.4 is 4.90 Å². The molecular formula is C32H27NO4. The van der Waals surface area contributed by atoms with Crippen LogP contribution in [0.2, 0.25) is 0 Å². The number of benzene rings is 3. The Morgan fingerprint density at radius 1 is 0.730 bits per heavy atom. The summed E-state index contributed by atoms with van der Waals surface area (Å²) in [4.78, 5) is 40.9. The third-order valence-electron chi connectivity index (χ3n) is 7.91. The number of anilines is 1. The molecule has 2 fully saturated rings. The highest BCUT2D eigenvalue weighted by molar-refractivity contribution is 6.23. The number of fused-ring (bicyclic) bond motifs is 5. The van der Waals surface area contributed by atoms with Gasteiger partial charge in [0.1, 0.15) is 0 Å². The molecular weight excluding hydrogens is 462 g/mol. The number of imide groups is 1. The van der Waals surface area contributed by atoms with Crippen molar-refractivity contribution in [2.45, 2.75) is 13.8 Å². The van der Waals surface area contributed by atoms with Crippen molar-refractivity contribution >= 4 is 29.0 Å². The summed E-state index contributed by atoms with van der Waals surface area (Å²) in [7, 11) is 1.31. The van der Waals surface area contributed by atoms with Gasteiger partial charge in [-0.15, -0.1) is 0 Å². The number of aryl methyl sites for hydroxylation is 2. The molecule has 3 aromatic rings. The van der Waals surface area contributed by atoms with Crippen molar-refractivity contribution in [3.8, 4) is 0 Å². The van der Waals surface area contributed by atoms with E-state index in [9.17, 15) is 14.4 Å². The number of esters is 1. The summed E-state index contributed by atoms with van der Waals surface area (Å²) in [6.07, 6.45) is 4.20. The number of ether oxygens (including phenoxy) is 1. The molecule has 5 nitrogen and oxygen atoms in total. The molecule has 37 heavy (non-hydrogen) atoms. The van der Waals surface area contributed by atoms with Crippen LogP contribution in [0.5, 0.6) is 0 Å². The summed E-state index contributed by atoms with van der Waals surface area (Å²) in [6.45, 7) is 4.13. The van der Waals surface area contributed by atoms with E-state index in [2.05, 4.69) is 74.5 Å². The number of hydrogen-bond acceptors (Lipinski definition) is 4. The third kappa shape index (κ3) is 3.57. The molecule has 0 spiro atoms. The summed E-state index contributed by atoms with van der Waals surface area (Å²) in [5.74, 6) is -2.14. The fourth-order valence-corrected chi connectivity index (χ4v) is 6.18. The first-order chi connectivity index (χ1) is 17.9. The molecule has 2 amide bonds. The molecule has 0 radical (unpaired) electrons. The topological polar surface area (TPSA) is 63.7 Å². The van der Waals surface area contributed by atoms with Crippen LogP contribution in [0.1, 0.15) is 32.6 Å². The second-order valence-electron chi connectivity index (χ2n) is 10.1. The summed E-state index contributed by atoms with van der Waals surface area (Å²) in [6, 6.07) is 23.4. The second kappa shape index (κ2) is 8.70. The number of rotatable bonds is 4. The molecule has 2 bridgehead atoms. The second-order valence-corrected chi connectivity index (χ2v) is 10.1. The average molecular weight is 490 g/mol. The molecule has 1 saturated heterocycles. The lowest BCUT2D eigenvalue weighted by Gasteiger charge is -2.22. The normalized spacial score (nSPS) is 23.5. The lowest BCUT2D eigenvalue weighted by atomic mass is 9.85. The van der Waals surface area contributed by atoms with E-state index >= 15 is 0 Å². The molecule has 5 heteroatoms. The van der Waals surface area contributed by atoms with Gasteiger partial charge >= 0.3 is 5.97 Å². The van der Waals surface area contributed by atoms with E-state index in [-0.39, 0.29) is 23.7 Å². The number of amides is 2. The van der Waals surface area contributed by atoms with E-state index in [1.807, 2.05) is 0 Å². The van der Waals surface area contributed by atoms with Gasteiger partial charge < -0.3 is 4.74 Å². The van der Waals surface area contributed by atoms with E-state index in [1.54, 1.807) is 24.3 Å². The number of carbonyl (C=O) groups is 3. The first-order valence-electron chi connectivity index (χ1n) is 12.5. The molecule has 1 aliphatic heterocycles. The summed E-state index contributed by atoms with van der Waals surface area (Å²) >= 11 is 0. The Hall–Kier alpha value is -4.25. The molecule has 1 heterocycles.